The van der Waals surface area contributed by atoms with Gasteiger partial charge in [-0.3, -0.25) is 13.9 Å². The highest BCUT2D eigenvalue weighted by atomic mass is 127. The van der Waals surface area contributed by atoms with Crippen molar-refractivity contribution in [3.05, 3.63) is 12.7 Å². The van der Waals surface area contributed by atoms with E-state index in [-0.39, 0.29) is 22.9 Å². The van der Waals surface area contributed by atoms with Crippen molar-refractivity contribution in [1.82, 2.24) is 24.2 Å². The Morgan fingerprint density at radius 2 is 2.06 bits per heavy atom. The lowest BCUT2D eigenvalue weighted by atomic mass is 10.1. The Morgan fingerprint density at radius 1 is 1.37 bits per heavy atom. The molecule has 0 spiro atoms. The average molecular weight is 650 g/mol. The van der Waals surface area contributed by atoms with Gasteiger partial charge in [-0.15, -0.1) is 3.97 Å². The van der Waals surface area contributed by atoms with Gasteiger partial charge in [0.25, 0.3) is 0 Å². The van der Waals surface area contributed by atoms with E-state index in [1.807, 2.05) is 6.92 Å². The SMILES string of the molecule is CC[C@H](C)C(I)C(=O)NS(=O)(=O)OP(=O)(O)OC[C@H]1O[C@@H](n2cnc3c(N)ncnc32)[C@H](O)[C@@H]1O. The van der Waals surface area contributed by atoms with Gasteiger partial charge >= 0.3 is 18.1 Å². The first-order chi connectivity index (χ1) is 16.3. The van der Waals surface area contributed by atoms with Crippen LogP contribution in [0.5, 0.6) is 0 Å². The van der Waals surface area contributed by atoms with E-state index in [1.165, 1.54) is 10.9 Å². The number of aromatic nitrogens is 4. The number of imidazole rings is 1. The maximum Gasteiger partial charge on any atom is 0.488 e. The van der Waals surface area contributed by atoms with Crippen LogP contribution in [0.4, 0.5) is 5.82 Å². The fourth-order valence-electron chi connectivity index (χ4n) is 3.13. The summed E-state index contributed by atoms with van der Waals surface area (Å²) in [5.41, 5.74) is 6.14. The van der Waals surface area contributed by atoms with Crippen LogP contribution in [0, 0.1) is 5.92 Å². The molecule has 1 fully saturated rings. The first-order valence-electron chi connectivity index (χ1n) is 10.1. The zero-order chi connectivity index (χ0) is 26.1. The molecule has 0 saturated carbocycles. The Hall–Kier alpha value is -1.51. The van der Waals surface area contributed by atoms with Crippen LogP contribution in [0.1, 0.15) is 26.5 Å². The highest BCUT2D eigenvalue weighted by Gasteiger charge is 2.46. The highest BCUT2D eigenvalue weighted by Crippen LogP contribution is 2.46. The number of alkyl halides is 1. The summed E-state index contributed by atoms with van der Waals surface area (Å²) in [6, 6.07) is 0. The van der Waals surface area contributed by atoms with Crippen molar-refractivity contribution in [1.29, 1.82) is 0 Å². The number of nitrogens with zero attached hydrogens (tertiary/aromatic N) is 4. The number of phosphoric acid groups is 1. The molecule has 3 rings (SSSR count). The summed E-state index contributed by atoms with van der Waals surface area (Å²) in [6.45, 7) is 2.69. The van der Waals surface area contributed by atoms with Gasteiger partial charge in [0.1, 0.15) is 30.2 Å². The van der Waals surface area contributed by atoms with Gasteiger partial charge in [0.05, 0.1) is 16.9 Å². The van der Waals surface area contributed by atoms with Crippen LogP contribution >= 0.6 is 30.4 Å². The average Bonchev–Trinajstić information content (AvgIpc) is 3.32. The summed E-state index contributed by atoms with van der Waals surface area (Å²) >= 11 is 1.75. The molecule has 35 heavy (non-hydrogen) atoms. The predicted molar refractivity (Wildman–Crippen MR) is 127 cm³/mol. The molecule has 1 aliphatic heterocycles. The van der Waals surface area contributed by atoms with Crippen molar-refractivity contribution in [2.45, 2.75) is 48.7 Å². The molecule has 0 bridgehead atoms. The van der Waals surface area contributed by atoms with Crippen LogP contribution in [-0.2, 0) is 32.9 Å². The molecular weight excluding hydrogens is 626 g/mol. The fraction of sp³-hybridized carbons (Fsp3) is 0.625. The van der Waals surface area contributed by atoms with Gasteiger partial charge in [-0.05, 0) is 5.92 Å². The van der Waals surface area contributed by atoms with E-state index in [0.29, 0.717) is 6.42 Å². The molecule has 6 N–H and O–H groups in total. The summed E-state index contributed by atoms with van der Waals surface area (Å²) in [5, 5.41) is 20.7. The zero-order valence-electron chi connectivity index (χ0n) is 18.3. The quantitative estimate of drug-likeness (QED) is 0.122. The number of phosphoric ester groups is 1. The van der Waals surface area contributed by atoms with Crippen molar-refractivity contribution in [2.75, 3.05) is 12.3 Å². The number of ether oxygens (including phenoxy) is 1. The largest absolute Gasteiger partial charge is 0.488 e. The maximum absolute atomic E-state index is 12.2. The van der Waals surface area contributed by atoms with Crippen LogP contribution < -0.4 is 10.5 Å². The number of hydrogen-bond donors (Lipinski definition) is 5. The minimum absolute atomic E-state index is 0.0753. The van der Waals surface area contributed by atoms with E-state index in [1.54, 1.807) is 34.2 Å². The number of amides is 1. The molecular formula is C16H24IN6O10PS. The van der Waals surface area contributed by atoms with E-state index in [2.05, 4.69) is 23.4 Å². The lowest BCUT2D eigenvalue weighted by molar-refractivity contribution is -0.119. The van der Waals surface area contributed by atoms with E-state index < -0.39 is 59.1 Å². The van der Waals surface area contributed by atoms with Gasteiger partial charge in [0.15, 0.2) is 17.7 Å². The molecule has 2 unspecified atom stereocenters. The number of anilines is 1. The first kappa shape index (κ1) is 28.1. The topological polar surface area (TPSA) is 238 Å². The molecule has 0 radical (unpaired) electrons. The lowest BCUT2D eigenvalue weighted by Gasteiger charge is -2.19. The van der Waals surface area contributed by atoms with Crippen LogP contribution in [0.15, 0.2) is 12.7 Å². The maximum atomic E-state index is 12.2. The summed E-state index contributed by atoms with van der Waals surface area (Å²) in [5.74, 6) is -1.03. The number of aliphatic hydroxyl groups is 2. The van der Waals surface area contributed by atoms with Crippen LogP contribution in [0.2, 0.25) is 0 Å². The second kappa shape index (κ2) is 10.9. The Labute approximate surface area is 213 Å². The van der Waals surface area contributed by atoms with Crippen molar-refractivity contribution in [2.24, 2.45) is 5.92 Å². The van der Waals surface area contributed by atoms with Gasteiger partial charge in [-0.2, -0.15) is 8.42 Å². The third kappa shape index (κ3) is 6.44. The number of aliphatic hydroxyl groups excluding tert-OH is 2. The number of halogens is 1. The number of nitrogens with two attached hydrogens (primary N) is 1. The Morgan fingerprint density at radius 3 is 2.71 bits per heavy atom. The van der Waals surface area contributed by atoms with Crippen LogP contribution in [0.3, 0.4) is 0 Å². The third-order valence-corrected chi connectivity index (χ3v) is 9.47. The van der Waals surface area contributed by atoms with Gasteiger partial charge < -0.3 is 25.6 Å². The van der Waals surface area contributed by atoms with Crippen LogP contribution in [0.25, 0.3) is 11.2 Å². The lowest BCUT2D eigenvalue weighted by Crippen LogP contribution is -2.39. The monoisotopic (exact) mass is 650 g/mol. The molecule has 2 aromatic heterocycles. The minimum atomic E-state index is -5.29. The number of fused-ring (bicyclic) bond motifs is 1. The molecule has 16 nitrogen and oxygen atoms in total. The number of nitrogens with one attached hydrogen (secondary N) is 1. The Balaban J connectivity index is 1.63. The number of hydrogen-bond acceptors (Lipinski definition) is 13. The standard InChI is InChI=1S/C16H24IN6O10PS/c1-3-7(2)9(17)15(26)22-35(29,30)33-34(27,28)31-4-8-11(24)12(25)16(32-8)23-6-21-10-13(18)19-5-20-14(10)23/h5-9,11-12,16,24-25H,3-4H2,1-2H3,(H,22,26)(H,27,28)(H2,18,19,20)/t7-,8+,9?,11+,12+,16+/m0/s1. The van der Waals surface area contributed by atoms with Gasteiger partial charge in [0, 0.05) is 0 Å². The van der Waals surface area contributed by atoms with E-state index in [9.17, 15) is 32.9 Å². The molecule has 1 amide bonds. The van der Waals surface area contributed by atoms with Crippen molar-refractivity contribution in [3.63, 3.8) is 0 Å². The molecule has 7 atom stereocenters. The number of carbonyl (C=O) groups is 1. The Bertz CT molecular complexity index is 1230. The van der Waals surface area contributed by atoms with Crippen molar-refractivity contribution in [3.8, 4) is 0 Å². The van der Waals surface area contributed by atoms with E-state index in [0.717, 1.165) is 6.33 Å². The first-order valence-corrected chi connectivity index (χ1v) is 14.2. The van der Waals surface area contributed by atoms with E-state index >= 15 is 0 Å². The molecule has 196 valence electrons. The second-order valence-electron chi connectivity index (χ2n) is 7.68. The number of nitrogen functional groups attached to an aromatic ring is 1. The normalized spacial score (nSPS) is 26.3. The van der Waals surface area contributed by atoms with Gasteiger partial charge in [0.2, 0.25) is 5.91 Å². The molecule has 1 aliphatic rings. The van der Waals surface area contributed by atoms with Crippen LogP contribution in [-0.4, -0.2) is 77.8 Å². The number of rotatable bonds is 10. The fourth-order valence-corrected chi connectivity index (χ4v) is 6.03. The number of carbonyl (C=O) groups excluding carboxylic acids is 1. The second-order valence-corrected chi connectivity index (χ2v) is 11.9. The Kier molecular flexibility index (Phi) is 8.70. The minimum Gasteiger partial charge on any atom is -0.387 e. The molecule has 0 aromatic carbocycles. The summed E-state index contributed by atoms with van der Waals surface area (Å²) in [7, 11) is -10.3. The van der Waals surface area contributed by atoms with Crippen molar-refractivity contribution < 1.29 is 46.1 Å². The van der Waals surface area contributed by atoms with Crippen molar-refractivity contribution >= 4 is 63.6 Å². The predicted octanol–water partition coefficient (Wildman–Crippen LogP) is -0.628. The molecule has 19 heteroatoms. The summed E-state index contributed by atoms with van der Waals surface area (Å²) in [6.07, 6.45) is -2.76. The molecule has 0 aliphatic carbocycles. The van der Waals surface area contributed by atoms with Gasteiger partial charge in [-0.1, -0.05) is 42.9 Å². The summed E-state index contributed by atoms with van der Waals surface area (Å²) < 4.78 is 52.6. The molecule has 1 saturated heterocycles. The van der Waals surface area contributed by atoms with Gasteiger partial charge in [-0.25, -0.2) is 24.2 Å². The molecule has 2 aromatic rings. The summed E-state index contributed by atoms with van der Waals surface area (Å²) in [4.78, 5) is 33.7. The third-order valence-electron chi connectivity index (χ3n) is 5.21. The zero-order valence-corrected chi connectivity index (χ0v) is 22.2. The highest BCUT2D eigenvalue weighted by molar-refractivity contribution is 14.1. The molecule has 3 heterocycles. The smallest absolute Gasteiger partial charge is 0.387 e. The van der Waals surface area contributed by atoms with E-state index in [4.69, 9.17) is 10.5 Å².